The van der Waals surface area contributed by atoms with Gasteiger partial charge in [0.15, 0.2) is 0 Å². The van der Waals surface area contributed by atoms with Crippen molar-refractivity contribution < 1.29 is 9.90 Å². The van der Waals surface area contributed by atoms with Crippen LogP contribution in [0.25, 0.3) is 0 Å². The van der Waals surface area contributed by atoms with Crippen LogP contribution < -0.4 is 11.3 Å². The Morgan fingerprint density at radius 2 is 2.06 bits per heavy atom. The molecule has 1 aliphatic carbocycles. The molecule has 0 atom stereocenters. The van der Waals surface area contributed by atoms with Crippen molar-refractivity contribution in [1.29, 1.82) is 0 Å². The maximum absolute atomic E-state index is 12.2. The predicted molar refractivity (Wildman–Crippen MR) is 65.4 cm³/mol. The smallest absolute Gasteiger partial charge is 0.254 e. The lowest BCUT2D eigenvalue weighted by Crippen LogP contribution is -2.35. The summed E-state index contributed by atoms with van der Waals surface area (Å²) in [5.41, 5.74) is 3.91. The Labute approximate surface area is 100 Å². The summed E-state index contributed by atoms with van der Waals surface area (Å²) in [6.07, 6.45) is 2.07. The monoisotopic (exact) mass is 235 g/mol. The fourth-order valence-electron chi connectivity index (χ4n) is 1.82. The SMILES string of the molecule is NNc1ccc(C(=O)N(CCO)C2CC2)cc1. The van der Waals surface area contributed by atoms with E-state index in [1.165, 1.54) is 0 Å². The first-order valence-electron chi connectivity index (χ1n) is 5.74. The first-order chi connectivity index (χ1) is 8.26. The first kappa shape index (κ1) is 11.9. The summed E-state index contributed by atoms with van der Waals surface area (Å²) in [5, 5.41) is 8.97. The number of carbonyl (C=O) groups excluding carboxylic acids is 1. The Kier molecular flexibility index (Phi) is 3.61. The van der Waals surface area contributed by atoms with E-state index in [1.807, 2.05) is 0 Å². The number of aliphatic hydroxyl groups is 1. The van der Waals surface area contributed by atoms with Gasteiger partial charge in [0.05, 0.1) is 6.61 Å². The third-order valence-corrected chi connectivity index (χ3v) is 2.89. The van der Waals surface area contributed by atoms with Gasteiger partial charge in [-0.3, -0.25) is 10.6 Å². The number of hydrogen-bond acceptors (Lipinski definition) is 4. The molecule has 0 saturated heterocycles. The number of hydrogen-bond donors (Lipinski definition) is 3. The summed E-state index contributed by atoms with van der Waals surface area (Å²) in [6.45, 7) is 0.408. The quantitative estimate of drug-likeness (QED) is 0.515. The summed E-state index contributed by atoms with van der Waals surface area (Å²) in [5.74, 6) is 5.24. The molecule has 5 nitrogen and oxygen atoms in total. The van der Waals surface area contributed by atoms with Gasteiger partial charge in [0.2, 0.25) is 0 Å². The van der Waals surface area contributed by atoms with E-state index in [9.17, 15) is 4.79 Å². The van der Waals surface area contributed by atoms with Gasteiger partial charge in [-0.2, -0.15) is 0 Å². The van der Waals surface area contributed by atoms with Crippen LogP contribution >= 0.6 is 0 Å². The van der Waals surface area contributed by atoms with Crippen LogP contribution in [0, 0.1) is 0 Å². The van der Waals surface area contributed by atoms with Gasteiger partial charge in [-0.05, 0) is 37.1 Å². The van der Waals surface area contributed by atoms with Crippen LogP contribution in [0.2, 0.25) is 0 Å². The molecule has 17 heavy (non-hydrogen) atoms. The number of nitrogens with two attached hydrogens (primary N) is 1. The number of rotatable bonds is 5. The van der Waals surface area contributed by atoms with E-state index >= 15 is 0 Å². The van der Waals surface area contributed by atoms with E-state index in [4.69, 9.17) is 10.9 Å². The molecule has 1 aromatic carbocycles. The van der Waals surface area contributed by atoms with E-state index in [0.29, 0.717) is 18.2 Å². The first-order valence-corrected chi connectivity index (χ1v) is 5.74. The van der Waals surface area contributed by atoms with Gasteiger partial charge in [-0.25, -0.2) is 0 Å². The highest BCUT2D eigenvalue weighted by molar-refractivity contribution is 5.95. The molecular weight excluding hydrogens is 218 g/mol. The topological polar surface area (TPSA) is 78.6 Å². The zero-order chi connectivity index (χ0) is 12.3. The van der Waals surface area contributed by atoms with Crippen LogP contribution in [0.1, 0.15) is 23.2 Å². The van der Waals surface area contributed by atoms with Crippen molar-refractivity contribution in [2.75, 3.05) is 18.6 Å². The van der Waals surface area contributed by atoms with E-state index < -0.39 is 0 Å². The van der Waals surface area contributed by atoms with Gasteiger partial charge < -0.3 is 15.4 Å². The maximum atomic E-state index is 12.2. The Morgan fingerprint density at radius 1 is 1.41 bits per heavy atom. The molecular formula is C12H17N3O2. The molecule has 0 aromatic heterocycles. The van der Waals surface area contributed by atoms with E-state index in [1.54, 1.807) is 29.2 Å². The zero-order valence-corrected chi connectivity index (χ0v) is 9.60. The number of aliphatic hydroxyl groups excluding tert-OH is 1. The average molecular weight is 235 g/mol. The summed E-state index contributed by atoms with van der Waals surface area (Å²) in [4.78, 5) is 13.9. The predicted octanol–water partition coefficient (Wildman–Crippen LogP) is 0.569. The van der Waals surface area contributed by atoms with Crippen molar-refractivity contribution in [3.63, 3.8) is 0 Å². The summed E-state index contributed by atoms with van der Waals surface area (Å²) in [7, 11) is 0. The Balaban J connectivity index is 2.10. The van der Waals surface area contributed by atoms with E-state index in [2.05, 4.69) is 5.43 Å². The minimum absolute atomic E-state index is 0.00464. The second kappa shape index (κ2) is 5.16. The highest BCUT2D eigenvalue weighted by Crippen LogP contribution is 2.28. The molecule has 0 unspecified atom stereocenters. The lowest BCUT2D eigenvalue weighted by molar-refractivity contribution is 0.0707. The van der Waals surface area contributed by atoms with Crippen molar-refractivity contribution in [3.05, 3.63) is 29.8 Å². The molecule has 1 fully saturated rings. The third kappa shape index (κ3) is 2.75. The molecule has 1 aliphatic rings. The highest BCUT2D eigenvalue weighted by atomic mass is 16.3. The molecule has 2 rings (SSSR count). The molecule has 0 spiro atoms. The molecule has 0 heterocycles. The van der Waals surface area contributed by atoms with Crippen molar-refractivity contribution in [2.24, 2.45) is 5.84 Å². The molecule has 0 bridgehead atoms. The van der Waals surface area contributed by atoms with Gasteiger partial charge in [0.1, 0.15) is 0 Å². The molecule has 0 radical (unpaired) electrons. The highest BCUT2D eigenvalue weighted by Gasteiger charge is 2.32. The molecule has 1 aromatic rings. The van der Waals surface area contributed by atoms with Gasteiger partial charge in [-0.15, -0.1) is 0 Å². The fourth-order valence-corrected chi connectivity index (χ4v) is 1.82. The second-order valence-electron chi connectivity index (χ2n) is 4.18. The van der Waals surface area contributed by atoms with Crippen molar-refractivity contribution in [1.82, 2.24) is 4.90 Å². The molecule has 4 N–H and O–H groups in total. The largest absolute Gasteiger partial charge is 0.395 e. The summed E-state index contributed by atoms with van der Waals surface area (Å²) >= 11 is 0. The molecule has 92 valence electrons. The average Bonchev–Trinajstić information content (AvgIpc) is 3.19. The summed E-state index contributed by atoms with van der Waals surface area (Å²) < 4.78 is 0. The number of carbonyl (C=O) groups is 1. The van der Waals surface area contributed by atoms with Gasteiger partial charge in [0, 0.05) is 23.8 Å². The van der Waals surface area contributed by atoms with E-state index in [0.717, 1.165) is 18.5 Å². The standard InChI is InChI=1S/C12H17N3O2/c13-14-10-3-1-9(2-4-10)12(17)15(7-8-16)11-5-6-11/h1-4,11,14,16H,5-8,13H2. The number of nitrogen functional groups attached to an aromatic ring is 1. The fraction of sp³-hybridized carbons (Fsp3) is 0.417. The second-order valence-corrected chi connectivity index (χ2v) is 4.18. The van der Waals surface area contributed by atoms with Crippen LogP contribution in [0.5, 0.6) is 0 Å². The van der Waals surface area contributed by atoms with Gasteiger partial charge in [0.25, 0.3) is 5.91 Å². The minimum atomic E-state index is -0.0230. The normalized spacial score (nSPS) is 14.5. The van der Waals surface area contributed by atoms with Crippen molar-refractivity contribution in [3.8, 4) is 0 Å². The van der Waals surface area contributed by atoms with Crippen LogP contribution in [0.15, 0.2) is 24.3 Å². The lowest BCUT2D eigenvalue weighted by Gasteiger charge is -2.21. The van der Waals surface area contributed by atoms with Crippen LogP contribution in [0.4, 0.5) is 5.69 Å². The van der Waals surface area contributed by atoms with Gasteiger partial charge in [-0.1, -0.05) is 0 Å². The van der Waals surface area contributed by atoms with Crippen molar-refractivity contribution >= 4 is 11.6 Å². The maximum Gasteiger partial charge on any atom is 0.254 e. The van der Waals surface area contributed by atoms with Crippen LogP contribution in [-0.2, 0) is 0 Å². The minimum Gasteiger partial charge on any atom is -0.395 e. The zero-order valence-electron chi connectivity index (χ0n) is 9.60. The molecule has 1 saturated carbocycles. The number of anilines is 1. The molecule has 0 aliphatic heterocycles. The number of nitrogens with zero attached hydrogens (tertiary/aromatic N) is 1. The van der Waals surface area contributed by atoms with Gasteiger partial charge >= 0.3 is 0 Å². The Morgan fingerprint density at radius 3 is 2.53 bits per heavy atom. The number of benzene rings is 1. The third-order valence-electron chi connectivity index (χ3n) is 2.89. The van der Waals surface area contributed by atoms with Crippen molar-refractivity contribution in [2.45, 2.75) is 18.9 Å². The Bertz CT molecular complexity index is 387. The van der Waals surface area contributed by atoms with Crippen LogP contribution in [-0.4, -0.2) is 35.1 Å². The molecule has 1 amide bonds. The van der Waals surface area contributed by atoms with Crippen LogP contribution in [0.3, 0.4) is 0 Å². The number of nitrogens with one attached hydrogen (secondary N) is 1. The summed E-state index contributed by atoms with van der Waals surface area (Å²) in [6, 6.07) is 7.31. The number of hydrazine groups is 1. The Hall–Kier alpha value is -1.59. The number of amides is 1. The lowest BCUT2D eigenvalue weighted by atomic mass is 10.2. The molecule has 5 heteroatoms. The van der Waals surface area contributed by atoms with E-state index in [-0.39, 0.29) is 12.5 Å².